The molecule has 0 unspecified atom stereocenters. The highest BCUT2D eigenvalue weighted by molar-refractivity contribution is 7.99. The summed E-state index contributed by atoms with van der Waals surface area (Å²) in [5, 5.41) is 2.47. The van der Waals surface area contributed by atoms with Gasteiger partial charge in [-0.2, -0.15) is 13.2 Å². The van der Waals surface area contributed by atoms with Gasteiger partial charge in [-0.15, -0.1) is 11.8 Å². The summed E-state index contributed by atoms with van der Waals surface area (Å²) in [6, 6.07) is 6.76. The summed E-state index contributed by atoms with van der Waals surface area (Å²) in [5.74, 6) is 0.757. The number of fused-ring (bicyclic) bond motifs is 1. The first-order valence-corrected chi connectivity index (χ1v) is 9.48. The van der Waals surface area contributed by atoms with Gasteiger partial charge in [0.15, 0.2) is 11.5 Å². The maximum Gasteiger partial charge on any atom is 0.418 e. The zero-order valence-corrected chi connectivity index (χ0v) is 15.9. The lowest BCUT2D eigenvalue weighted by molar-refractivity contribution is -0.137. The number of benzene rings is 2. The second-order valence-corrected chi connectivity index (χ2v) is 7.31. The number of thioether (sulfide) groups is 1. The first-order chi connectivity index (χ1) is 12.8. The summed E-state index contributed by atoms with van der Waals surface area (Å²) < 4.78 is 49.6. The van der Waals surface area contributed by atoms with Crippen LogP contribution in [0.5, 0.6) is 11.5 Å². The van der Waals surface area contributed by atoms with E-state index in [9.17, 15) is 18.0 Å². The van der Waals surface area contributed by atoms with Crippen molar-refractivity contribution in [2.45, 2.75) is 11.9 Å². The van der Waals surface area contributed by atoms with Crippen molar-refractivity contribution >= 4 is 46.6 Å². The van der Waals surface area contributed by atoms with Gasteiger partial charge >= 0.3 is 6.18 Å². The minimum atomic E-state index is -4.62. The molecule has 1 aliphatic rings. The fourth-order valence-electron chi connectivity index (χ4n) is 2.43. The Morgan fingerprint density at radius 2 is 1.96 bits per heavy atom. The predicted molar refractivity (Wildman–Crippen MR) is 98.8 cm³/mol. The van der Waals surface area contributed by atoms with Crippen LogP contribution in [-0.2, 0) is 16.7 Å². The van der Waals surface area contributed by atoms with Crippen LogP contribution in [0.25, 0.3) is 0 Å². The number of ether oxygens (including phenoxy) is 2. The zero-order valence-electron chi connectivity index (χ0n) is 13.5. The standard InChI is InChI=1S/C17H12Cl2F3NO3S/c18-11-3-1-2-10(17(20,21)22)15(11)23-14(24)7-27-6-9-4-12(19)16-13(5-9)25-8-26-16/h1-5H,6-8H2,(H,23,24). The number of rotatable bonds is 5. The summed E-state index contributed by atoms with van der Waals surface area (Å²) in [7, 11) is 0. The molecular weight excluding hydrogens is 426 g/mol. The molecule has 1 aliphatic heterocycles. The fraction of sp³-hybridized carbons (Fsp3) is 0.235. The van der Waals surface area contributed by atoms with Gasteiger partial charge in [0.2, 0.25) is 12.7 Å². The van der Waals surface area contributed by atoms with Crippen LogP contribution in [0.15, 0.2) is 30.3 Å². The average Bonchev–Trinajstić information content (AvgIpc) is 3.05. The molecule has 0 spiro atoms. The monoisotopic (exact) mass is 437 g/mol. The van der Waals surface area contributed by atoms with Crippen molar-refractivity contribution in [2.75, 3.05) is 17.9 Å². The lowest BCUT2D eigenvalue weighted by Crippen LogP contribution is -2.18. The molecule has 4 nitrogen and oxygen atoms in total. The normalized spacial score (nSPS) is 12.9. The smallest absolute Gasteiger partial charge is 0.418 e. The van der Waals surface area contributed by atoms with Gasteiger partial charge in [0, 0.05) is 5.75 Å². The topological polar surface area (TPSA) is 47.6 Å². The highest BCUT2D eigenvalue weighted by Crippen LogP contribution is 2.41. The van der Waals surface area contributed by atoms with Crippen molar-refractivity contribution in [3.63, 3.8) is 0 Å². The van der Waals surface area contributed by atoms with E-state index in [2.05, 4.69) is 5.32 Å². The molecule has 0 aromatic heterocycles. The van der Waals surface area contributed by atoms with Crippen molar-refractivity contribution in [3.8, 4) is 11.5 Å². The molecule has 2 aromatic carbocycles. The molecule has 0 saturated carbocycles. The second kappa shape index (κ2) is 8.08. The number of alkyl halides is 3. The molecular formula is C17H12Cl2F3NO3S. The van der Waals surface area contributed by atoms with Gasteiger partial charge in [-0.05, 0) is 29.8 Å². The fourth-order valence-corrected chi connectivity index (χ4v) is 3.70. The van der Waals surface area contributed by atoms with Crippen LogP contribution in [0.1, 0.15) is 11.1 Å². The van der Waals surface area contributed by atoms with Crippen LogP contribution in [0, 0.1) is 0 Å². The number of halogens is 5. The van der Waals surface area contributed by atoms with Crippen molar-refractivity contribution in [1.82, 2.24) is 0 Å². The molecule has 0 fully saturated rings. The van der Waals surface area contributed by atoms with Gasteiger partial charge in [-0.3, -0.25) is 4.79 Å². The third kappa shape index (κ3) is 4.75. The number of carbonyl (C=O) groups excluding carboxylic acids is 1. The Labute approximate surface area is 166 Å². The van der Waals surface area contributed by atoms with Crippen LogP contribution in [0.2, 0.25) is 10.0 Å². The van der Waals surface area contributed by atoms with Gasteiger partial charge in [0.25, 0.3) is 0 Å². The van der Waals surface area contributed by atoms with E-state index in [1.54, 1.807) is 12.1 Å². The van der Waals surface area contributed by atoms with E-state index in [1.807, 2.05) is 0 Å². The molecule has 0 bridgehead atoms. The number of para-hydroxylation sites is 1. The van der Waals surface area contributed by atoms with E-state index in [0.29, 0.717) is 22.3 Å². The van der Waals surface area contributed by atoms with E-state index < -0.39 is 23.3 Å². The van der Waals surface area contributed by atoms with Crippen LogP contribution in [-0.4, -0.2) is 18.5 Å². The third-order valence-corrected chi connectivity index (χ3v) is 5.17. The van der Waals surface area contributed by atoms with E-state index in [0.717, 1.165) is 11.6 Å². The van der Waals surface area contributed by atoms with Crippen molar-refractivity contribution in [3.05, 3.63) is 51.5 Å². The van der Waals surface area contributed by atoms with Crippen LogP contribution in [0.4, 0.5) is 18.9 Å². The molecule has 0 radical (unpaired) electrons. The lowest BCUT2D eigenvalue weighted by Gasteiger charge is -2.15. The number of nitrogens with one attached hydrogen (secondary N) is 1. The van der Waals surface area contributed by atoms with Gasteiger partial charge < -0.3 is 14.8 Å². The quantitative estimate of drug-likeness (QED) is 0.659. The Bertz CT molecular complexity index is 877. The largest absolute Gasteiger partial charge is 0.454 e. The molecule has 2 aromatic rings. The Balaban J connectivity index is 1.61. The van der Waals surface area contributed by atoms with Gasteiger partial charge in [-0.1, -0.05) is 29.3 Å². The van der Waals surface area contributed by atoms with Gasteiger partial charge in [0.1, 0.15) is 0 Å². The molecule has 1 amide bonds. The van der Waals surface area contributed by atoms with E-state index in [4.69, 9.17) is 32.7 Å². The van der Waals surface area contributed by atoms with Crippen molar-refractivity contribution in [1.29, 1.82) is 0 Å². The number of amides is 1. The first-order valence-electron chi connectivity index (χ1n) is 7.57. The second-order valence-electron chi connectivity index (χ2n) is 5.51. The number of hydrogen-bond donors (Lipinski definition) is 1. The molecule has 0 atom stereocenters. The van der Waals surface area contributed by atoms with Crippen molar-refractivity contribution in [2.24, 2.45) is 0 Å². The summed E-state index contributed by atoms with van der Waals surface area (Å²) >= 11 is 13.1. The summed E-state index contributed by atoms with van der Waals surface area (Å²) in [5.41, 5.74) is -0.630. The maximum absolute atomic E-state index is 13.0. The first kappa shape index (κ1) is 20.0. The molecule has 0 saturated heterocycles. The molecule has 3 rings (SSSR count). The number of carbonyl (C=O) groups is 1. The Kier molecular flexibility index (Phi) is 5.98. The summed E-state index contributed by atoms with van der Waals surface area (Å²) in [6.07, 6.45) is -4.62. The van der Waals surface area contributed by atoms with E-state index >= 15 is 0 Å². The van der Waals surface area contributed by atoms with Gasteiger partial charge in [-0.25, -0.2) is 0 Å². The van der Waals surface area contributed by atoms with E-state index in [1.165, 1.54) is 23.9 Å². The van der Waals surface area contributed by atoms with Crippen LogP contribution >= 0.6 is 35.0 Å². The molecule has 0 aliphatic carbocycles. The molecule has 1 heterocycles. The minimum Gasteiger partial charge on any atom is -0.454 e. The number of hydrogen-bond acceptors (Lipinski definition) is 4. The number of anilines is 1. The molecule has 1 N–H and O–H groups in total. The maximum atomic E-state index is 13.0. The SMILES string of the molecule is O=C(CSCc1cc(Cl)c2c(c1)OCO2)Nc1c(Cl)cccc1C(F)(F)F. The lowest BCUT2D eigenvalue weighted by atomic mass is 10.1. The summed E-state index contributed by atoms with van der Waals surface area (Å²) in [6.45, 7) is 0.0907. The highest BCUT2D eigenvalue weighted by Gasteiger charge is 2.34. The molecule has 10 heteroatoms. The average molecular weight is 438 g/mol. The summed E-state index contributed by atoms with van der Waals surface area (Å²) in [4.78, 5) is 12.1. The van der Waals surface area contributed by atoms with Crippen LogP contribution < -0.4 is 14.8 Å². The van der Waals surface area contributed by atoms with Crippen LogP contribution in [0.3, 0.4) is 0 Å². The third-order valence-electron chi connectivity index (χ3n) is 3.57. The predicted octanol–water partition coefficient (Wildman–Crippen LogP) is 5.61. The minimum absolute atomic E-state index is 0.0609. The Morgan fingerprint density at radius 1 is 1.19 bits per heavy atom. The van der Waals surface area contributed by atoms with E-state index in [-0.39, 0.29) is 17.6 Å². The Hall–Kier alpha value is -1.77. The van der Waals surface area contributed by atoms with Gasteiger partial charge in [0.05, 0.1) is 27.0 Å². The highest BCUT2D eigenvalue weighted by atomic mass is 35.5. The molecule has 144 valence electrons. The molecule has 27 heavy (non-hydrogen) atoms. The Morgan fingerprint density at radius 3 is 2.70 bits per heavy atom. The van der Waals surface area contributed by atoms with Crippen molar-refractivity contribution < 1.29 is 27.4 Å². The zero-order chi connectivity index (χ0) is 19.6.